The molecule has 164 valence electrons. The number of nitrogens with zero attached hydrogens (tertiary/aromatic N) is 3. The topological polar surface area (TPSA) is 78.3 Å². The second-order valence-electron chi connectivity index (χ2n) is 6.70. The lowest BCUT2D eigenvalue weighted by Gasteiger charge is -2.08. The number of carbonyl (C=O) groups excluding carboxylic acids is 1. The molecule has 4 aromatic rings. The van der Waals surface area contributed by atoms with Crippen LogP contribution in [0, 0.1) is 11.6 Å². The summed E-state index contributed by atoms with van der Waals surface area (Å²) < 4.78 is 39.8. The van der Waals surface area contributed by atoms with Gasteiger partial charge in [0, 0.05) is 24.1 Å². The van der Waals surface area contributed by atoms with Crippen LogP contribution in [0.4, 0.5) is 14.6 Å². The Labute approximate surface area is 186 Å². The van der Waals surface area contributed by atoms with Crippen molar-refractivity contribution in [1.82, 2.24) is 14.8 Å². The van der Waals surface area contributed by atoms with E-state index >= 15 is 0 Å². The van der Waals surface area contributed by atoms with Crippen LogP contribution in [0.25, 0.3) is 22.0 Å². The van der Waals surface area contributed by atoms with Gasteiger partial charge >= 0.3 is 0 Å². The molecule has 1 amide bonds. The predicted octanol–water partition coefficient (Wildman–Crippen LogP) is 4.76. The van der Waals surface area contributed by atoms with Crippen LogP contribution in [-0.4, -0.2) is 34.9 Å². The number of halogens is 2. The molecule has 4 rings (SSSR count). The smallest absolute Gasteiger partial charge is 0.262 e. The highest BCUT2D eigenvalue weighted by Gasteiger charge is 2.20. The van der Waals surface area contributed by atoms with Crippen LogP contribution >= 0.6 is 11.3 Å². The van der Waals surface area contributed by atoms with Crippen molar-refractivity contribution in [3.05, 3.63) is 65.0 Å². The molecule has 0 saturated carbocycles. The van der Waals surface area contributed by atoms with Crippen molar-refractivity contribution in [3.8, 4) is 33.5 Å². The molecule has 32 heavy (non-hydrogen) atoms. The van der Waals surface area contributed by atoms with Crippen LogP contribution in [0.15, 0.2) is 47.8 Å². The number of nitrogens with one attached hydrogen (secondary N) is 1. The van der Waals surface area contributed by atoms with Gasteiger partial charge < -0.3 is 14.8 Å². The maximum Gasteiger partial charge on any atom is 0.262 e. The zero-order valence-electron chi connectivity index (χ0n) is 17.3. The number of anilines is 1. The average Bonchev–Trinajstić information content (AvgIpc) is 3.40. The van der Waals surface area contributed by atoms with E-state index in [0.29, 0.717) is 22.2 Å². The van der Waals surface area contributed by atoms with Gasteiger partial charge in [0.1, 0.15) is 33.7 Å². The maximum atomic E-state index is 13.9. The second kappa shape index (κ2) is 8.75. The van der Waals surface area contributed by atoms with E-state index in [2.05, 4.69) is 15.4 Å². The van der Waals surface area contributed by atoms with Gasteiger partial charge in [-0.3, -0.25) is 9.48 Å². The third kappa shape index (κ3) is 4.04. The maximum absolute atomic E-state index is 13.9. The summed E-state index contributed by atoms with van der Waals surface area (Å²) in [5.41, 5.74) is 1.41. The van der Waals surface area contributed by atoms with Gasteiger partial charge in [0.25, 0.3) is 5.91 Å². The van der Waals surface area contributed by atoms with E-state index in [1.807, 2.05) is 17.5 Å². The van der Waals surface area contributed by atoms with Crippen molar-refractivity contribution in [1.29, 1.82) is 0 Å². The molecule has 0 saturated heterocycles. The Kier molecular flexibility index (Phi) is 5.87. The van der Waals surface area contributed by atoms with Crippen molar-refractivity contribution in [2.24, 2.45) is 7.05 Å². The highest BCUT2D eigenvalue weighted by Crippen LogP contribution is 2.34. The number of aromatic nitrogens is 3. The summed E-state index contributed by atoms with van der Waals surface area (Å²) in [6.45, 7) is 0. The quantitative estimate of drug-likeness (QED) is 0.453. The predicted molar refractivity (Wildman–Crippen MR) is 117 cm³/mol. The number of methoxy groups -OCH3 is 2. The number of aryl methyl sites for hydroxylation is 1. The first-order valence-electron chi connectivity index (χ1n) is 9.39. The minimum Gasteiger partial charge on any atom is -0.493 e. The number of ether oxygens (including phenoxy) is 2. The van der Waals surface area contributed by atoms with Gasteiger partial charge in [-0.25, -0.2) is 13.8 Å². The molecule has 10 heteroatoms. The lowest BCUT2D eigenvalue weighted by Crippen LogP contribution is -2.17. The monoisotopic (exact) mass is 456 g/mol. The Balaban J connectivity index is 1.59. The van der Waals surface area contributed by atoms with Gasteiger partial charge in [0.2, 0.25) is 0 Å². The third-order valence-corrected chi connectivity index (χ3v) is 5.58. The van der Waals surface area contributed by atoms with E-state index in [1.54, 1.807) is 33.4 Å². The first-order valence-corrected chi connectivity index (χ1v) is 10.3. The molecule has 2 heterocycles. The summed E-state index contributed by atoms with van der Waals surface area (Å²) in [7, 11) is 4.74. The highest BCUT2D eigenvalue weighted by molar-refractivity contribution is 7.13. The number of rotatable bonds is 6. The normalized spacial score (nSPS) is 10.8. The molecule has 0 unspecified atom stereocenters. The van der Waals surface area contributed by atoms with Gasteiger partial charge in [-0.1, -0.05) is 6.07 Å². The first kappa shape index (κ1) is 21.4. The Morgan fingerprint density at radius 3 is 2.44 bits per heavy atom. The second-order valence-corrected chi connectivity index (χ2v) is 7.55. The van der Waals surface area contributed by atoms with Crippen molar-refractivity contribution < 1.29 is 23.0 Å². The van der Waals surface area contributed by atoms with Gasteiger partial charge in [0.05, 0.1) is 19.9 Å². The Hall–Kier alpha value is -3.79. The van der Waals surface area contributed by atoms with Crippen molar-refractivity contribution in [2.75, 3.05) is 19.5 Å². The number of thiazole rings is 1. The van der Waals surface area contributed by atoms with Crippen molar-refractivity contribution in [2.45, 2.75) is 0 Å². The summed E-state index contributed by atoms with van der Waals surface area (Å²) in [5, 5.41) is 9.34. The number of benzene rings is 2. The summed E-state index contributed by atoms with van der Waals surface area (Å²) in [6.07, 6.45) is 0. The molecule has 2 aromatic heterocycles. The zero-order chi connectivity index (χ0) is 22.8. The average molecular weight is 456 g/mol. The molecule has 0 radical (unpaired) electrons. The molecule has 0 aliphatic rings. The molecule has 0 bridgehead atoms. The fourth-order valence-electron chi connectivity index (χ4n) is 3.10. The van der Waals surface area contributed by atoms with Crippen molar-refractivity contribution in [3.63, 3.8) is 0 Å². The fourth-order valence-corrected chi connectivity index (χ4v) is 3.89. The zero-order valence-corrected chi connectivity index (χ0v) is 18.2. The van der Waals surface area contributed by atoms with E-state index in [0.717, 1.165) is 23.4 Å². The summed E-state index contributed by atoms with van der Waals surface area (Å²) in [6, 6.07) is 10.3. The van der Waals surface area contributed by atoms with Crippen molar-refractivity contribution >= 4 is 23.1 Å². The van der Waals surface area contributed by atoms with Gasteiger partial charge in [-0.2, -0.15) is 5.10 Å². The largest absolute Gasteiger partial charge is 0.493 e. The lowest BCUT2D eigenvalue weighted by atomic mass is 10.1. The molecule has 0 atom stereocenters. The molecule has 2 aromatic carbocycles. The van der Waals surface area contributed by atoms with Gasteiger partial charge in [-0.05, 0) is 30.3 Å². The molecule has 0 spiro atoms. The highest BCUT2D eigenvalue weighted by atomic mass is 32.1. The Morgan fingerprint density at radius 1 is 1.03 bits per heavy atom. The molecule has 7 nitrogen and oxygen atoms in total. The van der Waals surface area contributed by atoms with Crippen LogP contribution in [0.5, 0.6) is 11.5 Å². The molecule has 0 fully saturated rings. The number of carbonyl (C=O) groups is 1. The van der Waals surface area contributed by atoms with Crippen LogP contribution in [-0.2, 0) is 7.05 Å². The van der Waals surface area contributed by atoms with Gasteiger partial charge in [0.15, 0.2) is 11.5 Å². The minimum absolute atomic E-state index is 0.274. The summed E-state index contributed by atoms with van der Waals surface area (Å²) >= 11 is 1.37. The molecule has 1 N–H and O–H groups in total. The fraction of sp³-hybridized carbons (Fsp3) is 0.136. The lowest BCUT2D eigenvalue weighted by molar-refractivity contribution is 0.101. The number of amides is 1. The van der Waals surface area contributed by atoms with E-state index < -0.39 is 23.1 Å². The third-order valence-electron chi connectivity index (χ3n) is 4.71. The van der Waals surface area contributed by atoms with Crippen LogP contribution in [0.2, 0.25) is 0 Å². The van der Waals surface area contributed by atoms with Crippen LogP contribution in [0.1, 0.15) is 10.4 Å². The first-order chi connectivity index (χ1) is 15.4. The van der Waals surface area contributed by atoms with E-state index in [9.17, 15) is 13.6 Å². The molecule has 0 aliphatic heterocycles. The number of hydrogen-bond donors (Lipinski definition) is 1. The summed E-state index contributed by atoms with van der Waals surface area (Å²) in [4.78, 5) is 17.0. The standard InChI is InChI=1S/C22H18F2N4O3S/c1-28-19(26-21(29)20-13(23)5-4-6-14(20)24)10-15(27-28)22-25-16(11-32-22)12-7-8-17(30-2)18(9-12)31-3/h4-11H,1-3H3,(H,26,29). The molecular formula is C22H18F2N4O3S. The Morgan fingerprint density at radius 2 is 1.75 bits per heavy atom. The van der Waals surface area contributed by atoms with E-state index in [1.165, 1.54) is 22.1 Å². The van der Waals surface area contributed by atoms with Crippen LogP contribution in [0.3, 0.4) is 0 Å². The van der Waals surface area contributed by atoms with E-state index in [-0.39, 0.29) is 5.82 Å². The minimum atomic E-state index is -0.940. The summed E-state index contributed by atoms with van der Waals surface area (Å²) in [5.74, 6) is -1.31. The molecule has 0 aliphatic carbocycles. The van der Waals surface area contributed by atoms with Gasteiger partial charge in [-0.15, -0.1) is 11.3 Å². The van der Waals surface area contributed by atoms with Crippen LogP contribution < -0.4 is 14.8 Å². The number of hydrogen-bond acceptors (Lipinski definition) is 6. The SMILES string of the molecule is COc1ccc(-c2csc(-c3cc(NC(=O)c4c(F)cccc4F)n(C)n3)n2)cc1OC. The molecular weight excluding hydrogens is 438 g/mol. The van der Waals surface area contributed by atoms with E-state index in [4.69, 9.17) is 9.47 Å². The Bertz CT molecular complexity index is 1280.